The van der Waals surface area contributed by atoms with Gasteiger partial charge in [0.25, 0.3) is 11.8 Å². The van der Waals surface area contributed by atoms with E-state index >= 15 is 0 Å². The molecule has 5 nitrogen and oxygen atoms in total. The molecule has 0 spiro atoms. The molecule has 2 N–H and O–H groups in total. The van der Waals surface area contributed by atoms with Gasteiger partial charge in [-0.3, -0.25) is 20.4 Å². The van der Waals surface area contributed by atoms with Crippen molar-refractivity contribution in [2.24, 2.45) is 0 Å². The molecule has 0 fully saturated rings. The molecule has 2 rings (SSSR count). The smallest absolute Gasteiger partial charge is 0.279 e. The summed E-state index contributed by atoms with van der Waals surface area (Å²) in [6, 6.07) is 10.8. The maximum Gasteiger partial charge on any atom is 0.279 e. The second-order valence-corrected chi connectivity index (χ2v) is 5.44. The molecule has 0 saturated carbocycles. The van der Waals surface area contributed by atoms with Crippen molar-refractivity contribution >= 4 is 23.2 Å². The van der Waals surface area contributed by atoms with Gasteiger partial charge in [0, 0.05) is 0 Å². The maximum atomic E-state index is 11.8. The van der Waals surface area contributed by atoms with Crippen molar-refractivity contribution in [2.45, 2.75) is 20.0 Å². The van der Waals surface area contributed by atoms with Gasteiger partial charge in [-0.05, 0) is 37.4 Å². The van der Waals surface area contributed by atoms with Crippen molar-refractivity contribution in [1.29, 1.82) is 0 Å². The van der Waals surface area contributed by atoms with E-state index in [-0.39, 0.29) is 5.91 Å². The van der Waals surface area contributed by atoms with Crippen LogP contribution in [-0.2, 0) is 4.79 Å². The number of amides is 2. The lowest BCUT2D eigenvalue weighted by Crippen LogP contribution is -2.47. The van der Waals surface area contributed by atoms with Gasteiger partial charge in [0.1, 0.15) is 5.75 Å². The number of nitrogens with one attached hydrogen (secondary N) is 2. The minimum atomic E-state index is -0.712. The van der Waals surface area contributed by atoms with E-state index in [1.54, 1.807) is 36.6 Å². The van der Waals surface area contributed by atoms with Crippen molar-refractivity contribution < 1.29 is 14.3 Å². The van der Waals surface area contributed by atoms with E-state index < -0.39 is 12.0 Å². The van der Waals surface area contributed by atoms with Crippen molar-refractivity contribution in [3.63, 3.8) is 0 Å². The van der Waals surface area contributed by atoms with Crippen molar-refractivity contribution in [3.05, 3.63) is 52.2 Å². The molecule has 1 heterocycles. The molecule has 0 aliphatic heterocycles. The first-order valence-corrected chi connectivity index (χ1v) is 7.31. The predicted molar refractivity (Wildman–Crippen MR) is 81.2 cm³/mol. The van der Waals surface area contributed by atoms with Crippen LogP contribution in [0.25, 0.3) is 0 Å². The third-order valence-electron chi connectivity index (χ3n) is 2.75. The summed E-state index contributed by atoms with van der Waals surface area (Å²) >= 11 is 1.30. The Bertz CT molecular complexity index is 608. The Labute approximate surface area is 126 Å². The average molecular weight is 304 g/mol. The lowest BCUT2D eigenvalue weighted by atomic mass is 10.2. The van der Waals surface area contributed by atoms with Gasteiger partial charge in [-0.25, -0.2) is 0 Å². The summed E-state index contributed by atoms with van der Waals surface area (Å²) in [6.07, 6.45) is -0.712. The number of carbonyl (C=O) groups excluding carboxylic acids is 2. The lowest BCUT2D eigenvalue weighted by Gasteiger charge is -2.15. The van der Waals surface area contributed by atoms with Crippen LogP contribution in [-0.4, -0.2) is 17.9 Å². The highest BCUT2D eigenvalue weighted by Crippen LogP contribution is 2.13. The molecular formula is C15H16N2O3S. The van der Waals surface area contributed by atoms with Gasteiger partial charge in [0.15, 0.2) is 6.10 Å². The fraction of sp³-hybridized carbons (Fsp3) is 0.200. The number of hydrazine groups is 1. The second kappa shape index (κ2) is 6.90. The van der Waals surface area contributed by atoms with E-state index in [4.69, 9.17) is 4.74 Å². The molecule has 110 valence electrons. The van der Waals surface area contributed by atoms with Crippen LogP contribution < -0.4 is 15.6 Å². The third kappa shape index (κ3) is 4.32. The Hall–Kier alpha value is -2.34. The van der Waals surface area contributed by atoms with Crippen LogP contribution in [0.5, 0.6) is 5.75 Å². The molecule has 1 atom stereocenters. The minimum Gasteiger partial charge on any atom is -0.481 e. The Balaban J connectivity index is 1.82. The Morgan fingerprint density at radius 1 is 1.14 bits per heavy atom. The normalized spacial score (nSPS) is 11.5. The first kappa shape index (κ1) is 15.1. The standard InChI is InChI=1S/C15H16N2O3S/c1-10-5-7-12(8-6-10)20-11(2)14(18)16-17-15(19)13-4-3-9-21-13/h3-9,11H,1-2H3,(H,16,18)(H,17,19). The fourth-order valence-electron chi connectivity index (χ4n) is 1.56. The number of benzene rings is 1. The van der Waals surface area contributed by atoms with E-state index in [0.717, 1.165) is 5.56 Å². The summed E-state index contributed by atoms with van der Waals surface area (Å²) in [4.78, 5) is 24.0. The molecule has 0 saturated heterocycles. The molecule has 1 aromatic heterocycles. The van der Waals surface area contributed by atoms with Crippen molar-refractivity contribution in [2.75, 3.05) is 0 Å². The van der Waals surface area contributed by atoms with Crippen molar-refractivity contribution in [3.8, 4) is 5.75 Å². The predicted octanol–water partition coefficient (Wildman–Crippen LogP) is 2.29. The van der Waals surface area contributed by atoms with Crippen LogP contribution in [0, 0.1) is 6.92 Å². The van der Waals surface area contributed by atoms with Gasteiger partial charge >= 0.3 is 0 Å². The minimum absolute atomic E-state index is 0.346. The first-order chi connectivity index (χ1) is 10.1. The number of ether oxygens (including phenoxy) is 1. The number of hydrogen-bond acceptors (Lipinski definition) is 4. The summed E-state index contributed by atoms with van der Waals surface area (Å²) in [5, 5.41) is 1.79. The number of hydrogen-bond donors (Lipinski definition) is 2. The van der Waals surface area contributed by atoms with Gasteiger partial charge in [-0.2, -0.15) is 0 Å². The van der Waals surface area contributed by atoms with E-state index in [2.05, 4.69) is 10.9 Å². The van der Waals surface area contributed by atoms with Gasteiger partial charge in [0.05, 0.1) is 4.88 Å². The molecule has 0 aliphatic rings. The van der Waals surface area contributed by atoms with E-state index in [9.17, 15) is 9.59 Å². The number of rotatable bonds is 4. The second-order valence-electron chi connectivity index (χ2n) is 4.49. The molecule has 0 radical (unpaired) electrons. The summed E-state index contributed by atoms with van der Waals surface area (Å²) in [7, 11) is 0. The van der Waals surface area contributed by atoms with E-state index in [0.29, 0.717) is 10.6 Å². The van der Waals surface area contributed by atoms with Gasteiger partial charge in [0.2, 0.25) is 0 Å². The van der Waals surface area contributed by atoms with Crippen LogP contribution in [0.2, 0.25) is 0 Å². The molecule has 21 heavy (non-hydrogen) atoms. The largest absolute Gasteiger partial charge is 0.481 e. The molecular weight excluding hydrogens is 288 g/mol. The molecule has 6 heteroatoms. The molecule has 1 unspecified atom stereocenters. The lowest BCUT2D eigenvalue weighted by molar-refractivity contribution is -0.128. The number of carbonyl (C=O) groups is 2. The van der Waals surface area contributed by atoms with Crippen LogP contribution in [0.1, 0.15) is 22.2 Å². The molecule has 2 aromatic rings. The van der Waals surface area contributed by atoms with Gasteiger partial charge in [-0.15, -0.1) is 11.3 Å². The van der Waals surface area contributed by atoms with Gasteiger partial charge in [-0.1, -0.05) is 23.8 Å². The Morgan fingerprint density at radius 2 is 1.86 bits per heavy atom. The Morgan fingerprint density at radius 3 is 2.48 bits per heavy atom. The molecule has 2 amide bonds. The van der Waals surface area contributed by atoms with Crippen LogP contribution in [0.4, 0.5) is 0 Å². The van der Waals surface area contributed by atoms with Crippen LogP contribution in [0.15, 0.2) is 41.8 Å². The quantitative estimate of drug-likeness (QED) is 0.852. The zero-order chi connectivity index (χ0) is 15.2. The maximum absolute atomic E-state index is 11.8. The number of thiophene rings is 1. The SMILES string of the molecule is Cc1ccc(OC(C)C(=O)NNC(=O)c2cccs2)cc1. The fourth-order valence-corrected chi connectivity index (χ4v) is 2.18. The summed E-state index contributed by atoms with van der Waals surface area (Å²) in [6.45, 7) is 3.59. The summed E-state index contributed by atoms with van der Waals surface area (Å²) in [5.41, 5.74) is 5.81. The van der Waals surface area contributed by atoms with E-state index in [1.165, 1.54) is 11.3 Å². The zero-order valence-corrected chi connectivity index (χ0v) is 12.6. The third-order valence-corrected chi connectivity index (χ3v) is 3.62. The summed E-state index contributed by atoms with van der Waals surface area (Å²) in [5.74, 6) is -0.158. The summed E-state index contributed by atoms with van der Waals surface area (Å²) < 4.78 is 5.49. The van der Waals surface area contributed by atoms with Crippen LogP contribution >= 0.6 is 11.3 Å². The highest BCUT2D eigenvalue weighted by atomic mass is 32.1. The van der Waals surface area contributed by atoms with E-state index in [1.807, 2.05) is 19.1 Å². The topological polar surface area (TPSA) is 67.4 Å². The van der Waals surface area contributed by atoms with Gasteiger partial charge < -0.3 is 4.74 Å². The highest BCUT2D eigenvalue weighted by molar-refractivity contribution is 7.12. The molecule has 1 aromatic carbocycles. The highest BCUT2D eigenvalue weighted by Gasteiger charge is 2.16. The zero-order valence-electron chi connectivity index (χ0n) is 11.8. The molecule has 0 aliphatic carbocycles. The molecule has 0 bridgehead atoms. The first-order valence-electron chi connectivity index (χ1n) is 6.43. The monoisotopic (exact) mass is 304 g/mol. The Kier molecular flexibility index (Phi) is 4.94. The van der Waals surface area contributed by atoms with Crippen LogP contribution in [0.3, 0.4) is 0 Å². The average Bonchev–Trinajstić information content (AvgIpc) is 3.01. The number of aryl methyl sites for hydroxylation is 1. The van der Waals surface area contributed by atoms with Crippen molar-refractivity contribution in [1.82, 2.24) is 10.9 Å².